The summed E-state index contributed by atoms with van der Waals surface area (Å²) in [6, 6.07) is 11.3. The van der Waals surface area contributed by atoms with Crippen LogP contribution < -0.4 is 4.72 Å². The Kier molecular flexibility index (Phi) is 3.57. The Labute approximate surface area is 131 Å². The maximum absolute atomic E-state index is 12.4. The summed E-state index contributed by atoms with van der Waals surface area (Å²) in [5, 5.41) is 1.65. The summed E-state index contributed by atoms with van der Waals surface area (Å²) in [6.07, 6.45) is 1.61. The van der Waals surface area contributed by atoms with E-state index in [0.29, 0.717) is 21.2 Å². The smallest absolute Gasteiger partial charge is 0.262 e. The molecule has 0 amide bonds. The minimum Gasteiger partial charge on any atom is -0.358 e. The summed E-state index contributed by atoms with van der Waals surface area (Å²) in [7, 11) is -3.72. The van der Waals surface area contributed by atoms with Crippen LogP contribution in [-0.4, -0.2) is 13.4 Å². The van der Waals surface area contributed by atoms with Gasteiger partial charge in [-0.25, -0.2) is 8.42 Å². The Morgan fingerprint density at radius 1 is 1.05 bits per heavy atom. The Bertz CT molecular complexity index is 920. The molecule has 21 heavy (non-hydrogen) atoms. The number of nitrogens with one attached hydrogen (secondary N) is 2. The molecule has 0 unspecified atom stereocenters. The van der Waals surface area contributed by atoms with Crippen LogP contribution in [0.1, 0.15) is 0 Å². The number of anilines is 1. The molecular weight excluding hydrogens is 331 g/mol. The third kappa shape index (κ3) is 2.72. The molecule has 0 spiro atoms. The molecule has 0 aliphatic rings. The topological polar surface area (TPSA) is 62.0 Å². The second-order valence-corrected chi connectivity index (χ2v) is 6.95. The van der Waals surface area contributed by atoms with Gasteiger partial charge in [0.1, 0.15) is 0 Å². The first-order valence-electron chi connectivity index (χ1n) is 6.01. The van der Waals surface area contributed by atoms with Crippen LogP contribution in [0.2, 0.25) is 10.0 Å². The highest BCUT2D eigenvalue weighted by molar-refractivity contribution is 7.92. The van der Waals surface area contributed by atoms with E-state index in [2.05, 4.69) is 9.71 Å². The van der Waals surface area contributed by atoms with Crippen LogP contribution in [0.15, 0.2) is 53.6 Å². The molecule has 7 heteroatoms. The van der Waals surface area contributed by atoms with Crippen molar-refractivity contribution in [2.45, 2.75) is 4.90 Å². The van der Waals surface area contributed by atoms with Crippen LogP contribution in [0.25, 0.3) is 10.9 Å². The zero-order valence-corrected chi connectivity index (χ0v) is 12.9. The van der Waals surface area contributed by atoms with Gasteiger partial charge in [0.2, 0.25) is 0 Å². The molecule has 3 aromatic rings. The Morgan fingerprint density at radius 2 is 1.81 bits per heavy atom. The average Bonchev–Trinajstić information content (AvgIpc) is 2.82. The summed E-state index contributed by atoms with van der Waals surface area (Å²) in [5.74, 6) is 0. The van der Waals surface area contributed by atoms with Crippen molar-refractivity contribution >= 4 is 49.8 Å². The zero-order chi connectivity index (χ0) is 15.0. The fourth-order valence-electron chi connectivity index (χ4n) is 2.04. The minimum absolute atomic E-state index is 0.102. The second-order valence-electron chi connectivity index (χ2n) is 4.43. The van der Waals surface area contributed by atoms with Gasteiger partial charge in [0.05, 0.1) is 21.1 Å². The van der Waals surface area contributed by atoms with Crippen LogP contribution in [-0.2, 0) is 10.0 Å². The summed E-state index contributed by atoms with van der Waals surface area (Å²) in [6.45, 7) is 0. The number of hydrogen-bond acceptors (Lipinski definition) is 2. The van der Waals surface area contributed by atoms with E-state index in [1.807, 2.05) is 6.07 Å². The number of aromatic nitrogens is 1. The van der Waals surface area contributed by atoms with Gasteiger partial charge in [0, 0.05) is 16.6 Å². The second kappa shape index (κ2) is 5.26. The highest BCUT2D eigenvalue weighted by Gasteiger charge is 2.16. The lowest BCUT2D eigenvalue weighted by Gasteiger charge is -2.09. The van der Waals surface area contributed by atoms with E-state index in [9.17, 15) is 8.42 Å². The largest absolute Gasteiger partial charge is 0.358 e. The van der Waals surface area contributed by atoms with Crippen molar-refractivity contribution in [1.82, 2.24) is 4.98 Å². The fourth-order valence-corrected chi connectivity index (χ4v) is 3.63. The average molecular weight is 341 g/mol. The van der Waals surface area contributed by atoms with Crippen LogP contribution in [0, 0.1) is 0 Å². The van der Waals surface area contributed by atoms with Gasteiger partial charge in [-0.05, 0) is 24.3 Å². The van der Waals surface area contributed by atoms with E-state index in [4.69, 9.17) is 23.2 Å². The SMILES string of the molecule is O=S(=O)(Nc1cccc2c(Cl)c[nH]c12)c1cccc(Cl)c1. The number of hydrogen-bond donors (Lipinski definition) is 2. The first-order valence-corrected chi connectivity index (χ1v) is 8.25. The number of rotatable bonds is 3. The lowest BCUT2D eigenvalue weighted by molar-refractivity contribution is 0.601. The van der Waals surface area contributed by atoms with Gasteiger partial charge in [-0.2, -0.15) is 0 Å². The van der Waals surface area contributed by atoms with Crippen LogP contribution in [0.5, 0.6) is 0 Å². The number of benzene rings is 2. The maximum Gasteiger partial charge on any atom is 0.262 e. The summed E-state index contributed by atoms with van der Waals surface area (Å²) in [4.78, 5) is 3.06. The fraction of sp³-hybridized carbons (Fsp3) is 0. The maximum atomic E-state index is 12.4. The minimum atomic E-state index is -3.72. The first kappa shape index (κ1) is 14.3. The van der Waals surface area contributed by atoms with E-state index < -0.39 is 10.0 Å². The molecule has 3 rings (SSSR count). The van der Waals surface area contributed by atoms with Gasteiger partial charge in [-0.3, -0.25) is 4.72 Å². The number of halogens is 2. The van der Waals surface area contributed by atoms with Crippen LogP contribution in [0.3, 0.4) is 0 Å². The lowest BCUT2D eigenvalue weighted by Crippen LogP contribution is -2.13. The van der Waals surface area contributed by atoms with Gasteiger partial charge in [-0.15, -0.1) is 0 Å². The van der Waals surface area contributed by atoms with Crippen LogP contribution in [0.4, 0.5) is 5.69 Å². The third-order valence-corrected chi connectivity index (χ3v) is 4.93. The molecule has 0 atom stereocenters. The van der Waals surface area contributed by atoms with Gasteiger partial charge in [0.25, 0.3) is 10.0 Å². The molecule has 0 fully saturated rings. The monoisotopic (exact) mass is 340 g/mol. The summed E-state index contributed by atoms with van der Waals surface area (Å²) < 4.78 is 27.3. The Balaban J connectivity index is 2.05. The van der Waals surface area contributed by atoms with Gasteiger partial charge < -0.3 is 4.98 Å². The molecule has 4 nitrogen and oxygen atoms in total. The van der Waals surface area contributed by atoms with Gasteiger partial charge in [0.15, 0.2) is 0 Å². The number of fused-ring (bicyclic) bond motifs is 1. The van der Waals surface area contributed by atoms with E-state index in [-0.39, 0.29) is 4.90 Å². The predicted octanol–water partition coefficient (Wildman–Crippen LogP) is 4.28. The predicted molar refractivity (Wildman–Crippen MR) is 85.6 cm³/mol. The quantitative estimate of drug-likeness (QED) is 0.747. The van der Waals surface area contributed by atoms with E-state index in [1.165, 1.54) is 12.1 Å². The third-order valence-electron chi connectivity index (χ3n) is 3.02. The Hall–Kier alpha value is -1.69. The number of para-hydroxylation sites is 1. The van der Waals surface area contributed by atoms with Crippen molar-refractivity contribution < 1.29 is 8.42 Å². The van der Waals surface area contributed by atoms with Crippen molar-refractivity contribution in [2.24, 2.45) is 0 Å². The molecule has 0 saturated heterocycles. The molecule has 0 radical (unpaired) electrons. The lowest BCUT2D eigenvalue weighted by atomic mass is 10.2. The molecule has 0 aliphatic carbocycles. The summed E-state index contributed by atoms with van der Waals surface area (Å²) >= 11 is 11.9. The van der Waals surface area contributed by atoms with Crippen molar-refractivity contribution in [2.75, 3.05) is 4.72 Å². The highest BCUT2D eigenvalue weighted by Crippen LogP contribution is 2.30. The number of sulfonamides is 1. The molecule has 0 bridgehead atoms. The molecule has 0 aliphatic heterocycles. The van der Waals surface area contributed by atoms with E-state index >= 15 is 0 Å². The Morgan fingerprint density at radius 3 is 2.57 bits per heavy atom. The normalized spacial score (nSPS) is 11.7. The molecule has 0 saturated carbocycles. The van der Waals surface area contributed by atoms with Gasteiger partial charge >= 0.3 is 0 Å². The summed E-state index contributed by atoms with van der Waals surface area (Å²) in [5.41, 5.74) is 1.06. The molecule has 1 aromatic heterocycles. The first-order chi connectivity index (χ1) is 9.97. The van der Waals surface area contributed by atoms with Gasteiger partial charge in [-0.1, -0.05) is 41.4 Å². The highest BCUT2D eigenvalue weighted by atomic mass is 35.5. The van der Waals surface area contributed by atoms with Crippen molar-refractivity contribution in [3.63, 3.8) is 0 Å². The molecule has 108 valence electrons. The van der Waals surface area contributed by atoms with Crippen LogP contribution >= 0.6 is 23.2 Å². The van der Waals surface area contributed by atoms with Crippen molar-refractivity contribution in [1.29, 1.82) is 0 Å². The molecule has 2 aromatic carbocycles. The molecule has 2 N–H and O–H groups in total. The van der Waals surface area contributed by atoms with E-state index in [0.717, 1.165) is 5.39 Å². The number of aromatic amines is 1. The molecular formula is C14H10Cl2N2O2S. The standard InChI is InChI=1S/C14H10Cl2N2O2S/c15-9-3-1-4-10(7-9)21(19,20)18-13-6-2-5-11-12(16)8-17-14(11)13/h1-8,17-18H. The van der Waals surface area contributed by atoms with Crippen molar-refractivity contribution in [3.8, 4) is 0 Å². The molecule has 1 heterocycles. The van der Waals surface area contributed by atoms with E-state index in [1.54, 1.807) is 30.5 Å². The number of H-pyrrole nitrogens is 1. The van der Waals surface area contributed by atoms with Crippen molar-refractivity contribution in [3.05, 3.63) is 58.7 Å². The zero-order valence-electron chi connectivity index (χ0n) is 10.6.